The molecule has 0 aliphatic heterocycles. The van der Waals surface area contributed by atoms with Crippen LogP contribution in [0.5, 0.6) is 5.75 Å². The topological polar surface area (TPSA) is 38.3 Å². The van der Waals surface area contributed by atoms with Crippen LogP contribution in [0.15, 0.2) is 66.1 Å². The summed E-state index contributed by atoms with van der Waals surface area (Å²) in [6, 6.07) is 15.5. The number of hydrogen-bond acceptors (Lipinski definition) is 3. The first-order valence-electron chi connectivity index (χ1n) is 7.46. The summed E-state index contributed by atoms with van der Waals surface area (Å²) < 4.78 is 5.42. The third kappa shape index (κ3) is 5.49. The Morgan fingerprint density at radius 1 is 1.22 bits per heavy atom. The molecule has 23 heavy (non-hydrogen) atoms. The molecule has 0 fully saturated rings. The van der Waals surface area contributed by atoms with Crippen molar-refractivity contribution in [2.45, 2.75) is 24.0 Å². The Morgan fingerprint density at radius 3 is 2.48 bits per heavy atom. The molecule has 2 aromatic carbocycles. The minimum atomic E-state index is -0.172. The van der Waals surface area contributed by atoms with Crippen LogP contribution in [0, 0.1) is 6.92 Å². The number of amides is 1. The van der Waals surface area contributed by atoms with Crippen molar-refractivity contribution in [3.05, 3.63) is 66.7 Å². The van der Waals surface area contributed by atoms with Gasteiger partial charge in [0, 0.05) is 10.6 Å². The van der Waals surface area contributed by atoms with E-state index in [4.69, 9.17) is 4.74 Å². The Morgan fingerprint density at radius 2 is 1.87 bits per heavy atom. The van der Waals surface area contributed by atoms with Gasteiger partial charge in [0.1, 0.15) is 12.4 Å². The normalized spacial score (nSPS) is 11.6. The second-order valence-electron chi connectivity index (χ2n) is 5.19. The zero-order valence-electron chi connectivity index (χ0n) is 13.4. The number of benzene rings is 2. The van der Waals surface area contributed by atoms with Gasteiger partial charge in [0.2, 0.25) is 5.91 Å². The van der Waals surface area contributed by atoms with E-state index in [2.05, 4.69) is 24.0 Å². The van der Waals surface area contributed by atoms with Crippen molar-refractivity contribution < 1.29 is 9.53 Å². The number of rotatable bonds is 7. The van der Waals surface area contributed by atoms with Crippen molar-refractivity contribution in [2.24, 2.45) is 0 Å². The van der Waals surface area contributed by atoms with E-state index in [1.807, 2.05) is 50.2 Å². The number of ether oxygens (including phenoxy) is 1. The van der Waals surface area contributed by atoms with Crippen LogP contribution in [0.25, 0.3) is 0 Å². The smallest absolute Gasteiger partial charge is 0.237 e. The van der Waals surface area contributed by atoms with Crippen molar-refractivity contribution in [3.63, 3.8) is 0 Å². The molecule has 120 valence electrons. The van der Waals surface area contributed by atoms with E-state index in [0.29, 0.717) is 6.61 Å². The van der Waals surface area contributed by atoms with Gasteiger partial charge in [-0.25, -0.2) is 0 Å². The van der Waals surface area contributed by atoms with Crippen LogP contribution in [0.1, 0.15) is 12.5 Å². The molecule has 0 aliphatic carbocycles. The number of anilines is 1. The fourth-order valence-electron chi connectivity index (χ4n) is 1.91. The van der Waals surface area contributed by atoms with E-state index in [1.54, 1.807) is 17.8 Å². The summed E-state index contributed by atoms with van der Waals surface area (Å²) in [5.41, 5.74) is 1.97. The second-order valence-corrected chi connectivity index (χ2v) is 6.60. The van der Waals surface area contributed by atoms with Gasteiger partial charge in [-0.3, -0.25) is 4.79 Å². The lowest BCUT2D eigenvalue weighted by molar-refractivity contribution is -0.115. The highest BCUT2D eigenvalue weighted by Gasteiger charge is 2.14. The number of hydrogen-bond donors (Lipinski definition) is 1. The summed E-state index contributed by atoms with van der Waals surface area (Å²) in [5.74, 6) is 0.736. The molecule has 1 amide bonds. The third-order valence-corrected chi connectivity index (χ3v) is 4.30. The summed E-state index contributed by atoms with van der Waals surface area (Å²) in [5, 5.41) is 2.75. The SMILES string of the molecule is C=CCOc1ccc(NC(=O)[C@@H](C)Sc2ccc(C)cc2)cc1. The Bertz CT molecular complexity index is 650. The van der Waals surface area contributed by atoms with Gasteiger partial charge in [-0.05, 0) is 50.2 Å². The highest BCUT2D eigenvalue weighted by Crippen LogP contribution is 2.25. The number of aryl methyl sites for hydroxylation is 1. The van der Waals surface area contributed by atoms with Gasteiger partial charge in [0.25, 0.3) is 0 Å². The lowest BCUT2D eigenvalue weighted by Gasteiger charge is -2.12. The van der Waals surface area contributed by atoms with Crippen LogP contribution >= 0.6 is 11.8 Å². The highest BCUT2D eigenvalue weighted by atomic mass is 32.2. The maximum atomic E-state index is 12.3. The van der Waals surface area contributed by atoms with E-state index in [1.165, 1.54) is 5.56 Å². The Kier molecular flexibility index (Phi) is 6.29. The number of carbonyl (C=O) groups excluding carboxylic acids is 1. The molecule has 2 aromatic rings. The molecule has 0 radical (unpaired) electrons. The maximum absolute atomic E-state index is 12.3. The van der Waals surface area contributed by atoms with Crippen molar-refractivity contribution in [1.82, 2.24) is 0 Å². The van der Waals surface area contributed by atoms with Crippen LogP contribution in [0.2, 0.25) is 0 Å². The Balaban J connectivity index is 1.89. The van der Waals surface area contributed by atoms with Crippen LogP contribution in [0.4, 0.5) is 5.69 Å². The van der Waals surface area contributed by atoms with E-state index in [0.717, 1.165) is 16.3 Å². The number of carbonyl (C=O) groups is 1. The Labute approximate surface area is 141 Å². The van der Waals surface area contributed by atoms with Crippen LogP contribution in [-0.2, 0) is 4.79 Å². The predicted octanol–water partition coefficient (Wildman–Crippen LogP) is 4.68. The zero-order valence-corrected chi connectivity index (χ0v) is 14.2. The molecular weight excluding hydrogens is 306 g/mol. The van der Waals surface area contributed by atoms with Gasteiger partial charge in [0.15, 0.2) is 0 Å². The number of thioether (sulfide) groups is 1. The molecule has 3 nitrogen and oxygen atoms in total. The van der Waals surface area contributed by atoms with Gasteiger partial charge < -0.3 is 10.1 Å². The van der Waals surface area contributed by atoms with Gasteiger partial charge in [-0.2, -0.15) is 0 Å². The molecule has 0 bridgehead atoms. The molecule has 4 heteroatoms. The molecule has 0 spiro atoms. The third-order valence-electron chi connectivity index (χ3n) is 3.19. The van der Waals surface area contributed by atoms with E-state index < -0.39 is 0 Å². The molecule has 0 aliphatic rings. The van der Waals surface area contributed by atoms with E-state index in [9.17, 15) is 4.79 Å². The fraction of sp³-hybridized carbons (Fsp3) is 0.211. The van der Waals surface area contributed by atoms with Crippen LogP contribution in [0.3, 0.4) is 0 Å². The van der Waals surface area contributed by atoms with Crippen molar-refractivity contribution in [3.8, 4) is 5.75 Å². The predicted molar refractivity (Wildman–Crippen MR) is 97.3 cm³/mol. The lowest BCUT2D eigenvalue weighted by atomic mass is 10.2. The Hall–Kier alpha value is -2.20. The summed E-state index contributed by atoms with van der Waals surface area (Å²) in [7, 11) is 0. The molecule has 0 aromatic heterocycles. The summed E-state index contributed by atoms with van der Waals surface area (Å²) in [6.07, 6.45) is 1.69. The van der Waals surface area contributed by atoms with Gasteiger partial charge in [-0.1, -0.05) is 30.4 Å². The fourth-order valence-corrected chi connectivity index (χ4v) is 2.78. The summed E-state index contributed by atoms with van der Waals surface area (Å²) >= 11 is 1.55. The number of nitrogens with one attached hydrogen (secondary N) is 1. The van der Waals surface area contributed by atoms with Gasteiger partial charge >= 0.3 is 0 Å². The zero-order chi connectivity index (χ0) is 16.7. The van der Waals surface area contributed by atoms with Crippen molar-refractivity contribution >= 4 is 23.4 Å². The van der Waals surface area contributed by atoms with E-state index >= 15 is 0 Å². The van der Waals surface area contributed by atoms with Crippen LogP contribution < -0.4 is 10.1 Å². The summed E-state index contributed by atoms with van der Waals surface area (Å²) in [4.78, 5) is 13.4. The molecule has 1 N–H and O–H groups in total. The molecule has 2 rings (SSSR count). The average molecular weight is 327 g/mol. The quantitative estimate of drug-likeness (QED) is 0.593. The monoisotopic (exact) mass is 327 g/mol. The van der Waals surface area contributed by atoms with E-state index in [-0.39, 0.29) is 11.2 Å². The minimum Gasteiger partial charge on any atom is -0.490 e. The largest absolute Gasteiger partial charge is 0.490 e. The maximum Gasteiger partial charge on any atom is 0.237 e. The first kappa shape index (κ1) is 17.2. The van der Waals surface area contributed by atoms with Crippen molar-refractivity contribution in [1.29, 1.82) is 0 Å². The standard InChI is InChI=1S/C19H21NO2S/c1-4-13-22-17-9-7-16(8-10-17)20-19(21)15(3)23-18-11-5-14(2)6-12-18/h4-12,15H,1,13H2,2-3H3,(H,20,21)/t15-/m1/s1. The highest BCUT2D eigenvalue weighted by molar-refractivity contribution is 8.00. The van der Waals surface area contributed by atoms with Crippen molar-refractivity contribution in [2.75, 3.05) is 11.9 Å². The minimum absolute atomic E-state index is 0.0182. The van der Waals surface area contributed by atoms with Crippen LogP contribution in [-0.4, -0.2) is 17.8 Å². The van der Waals surface area contributed by atoms with Gasteiger partial charge in [-0.15, -0.1) is 11.8 Å². The first-order valence-corrected chi connectivity index (χ1v) is 8.34. The molecule has 0 saturated carbocycles. The first-order chi connectivity index (χ1) is 11.1. The second kappa shape index (κ2) is 8.44. The molecule has 0 saturated heterocycles. The van der Waals surface area contributed by atoms with Gasteiger partial charge in [0.05, 0.1) is 5.25 Å². The molecule has 0 unspecified atom stereocenters. The molecule has 1 atom stereocenters. The molecule has 0 heterocycles. The summed E-state index contributed by atoms with van der Waals surface area (Å²) in [6.45, 7) is 8.03. The lowest BCUT2D eigenvalue weighted by Crippen LogP contribution is -2.22. The average Bonchev–Trinajstić information content (AvgIpc) is 2.56. The molecular formula is C19H21NO2S.